The Morgan fingerprint density at radius 2 is 1.72 bits per heavy atom. The molecule has 18 heavy (non-hydrogen) atoms. The highest BCUT2D eigenvalue weighted by molar-refractivity contribution is 6.33. The molecule has 0 aliphatic carbocycles. The van der Waals surface area contributed by atoms with Crippen LogP contribution < -0.4 is 5.73 Å². The van der Waals surface area contributed by atoms with Gasteiger partial charge in [-0.3, -0.25) is 0 Å². The Balaban J connectivity index is 2.61. The number of nitrogens with two attached hydrogens (primary N) is 1. The lowest BCUT2D eigenvalue weighted by atomic mass is 9.85. The minimum atomic E-state index is -1.03. The Labute approximate surface area is 115 Å². The van der Waals surface area contributed by atoms with Gasteiger partial charge in [0.15, 0.2) is 0 Å². The molecule has 94 valence electrons. The van der Waals surface area contributed by atoms with Gasteiger partial charge in [-0.15, -0.1) is 0 Å². The fourth-order valence-electron chi connectivity index (χ4n) is 1.92. The van der Waals surface area contributed by atoms with Crippen LogP contribution in [-0.2, 0) is 5.54 Å². The van der Waals surface area contributed by atoms with Crippen molar-refractivity contribution >= 4 is 23.2 Å². The lowest BCUT2D eigenvalue weighted by molar-refractivity contribution is 0.531. The highest BCUT2D eigenvalue weighted by Crippen LogP contribution is 2.34. The van der Waals surface area contributed by atoms with E-state index in [1.54, 1.807) is 43.3 Å². The monoisotopic (exact) mass is 283 g/mol. The molecule has 2 rings (SSSR count). The van der Waals surface area contributed by atoms with Crippen molar-refractivity contribution in [1.29, 1.82) is 0 Å². The van der Waals surface area contributed by atoms with Crippen molar-refractivity contribution in [3.8, 4) is 0 Å². The molecule has 0 aliphatic heterocycles. The maximum absolute atomic E-state index is 13.8. The second kappa shape index (κ2) is 4.88. The van der Waals surface area contributed by atoms with E-state index in [-0.39, 0.29) is 5.82 Å². The van der Waals surface area contributed by atoms with Crippen LogP contribution >= 0.6 is 23.2 Å². The van der Waals surface area contributed by atoms with E-state index in [1.165, 1.54) is 6.07 Å². The molecule has 0 aromatic heterocycles. The summed E-state index contributed by atoms with van der Waals surface area (Å²) < 4.78 is 13.8. The average Bonchev–Trinajstić information content (AvgIpc) is 2.32. The summed E-state index contributed by atoms with van der Waals surface area (Å²) in [7, 11) is 0. The predicted octanol–water partition coefficient (Wildman–Crippen LogP) is 4.35. The summed E-state index contributed by atoms with van der Waals surface area (Å²) in [4.78, 5) is 0. The predicted molar refractivity (Wildman–Crippen MR) is 73.5 cm³/mol. The molecule has 0 amide bonds. The summed E-state index contributed by atoms with van der Waals surface area (Å²) in [5.74, 6) is -0.362. The molecule has 0 bridgehead atoms. The van der Waals surface area contributed by atoms with E-state index in [4.69, 9.17) is 28.9 Å². The lowest BCUT2D eigenvalue weighted by Crippen LogP contribution is -2.35. The van der Waals surface area contributed by atoms with Crippen molar-refractivity contribution in [1.82, 2.24) is 0 Å². The molecular formula is C14H12Cl2FN. The quantitative estimate of drug-likeness (QED) is 0.871. The molecule has 0 radical (unpaired) electrons. The van der Waals surface area contributed by atoms with Crippen molar-refractivity contribution in [2.24, 2.45) is 5.73 Å². The Hall–Kier alpha value is -1.09. The van der Waals surface area contributed by atoms with E-state index >= 15 is 0 Å². The van der Waals surface area contributed by atoms with E-state index in [2.05, 4.69) is 0 Å². The third-order valence-corrected chi connectivity index (χ3v) is 3.49. The van der Waals surface area contributed by atoms with Crippen LogP contribution in [0.25, 0.3) is 0 Å². The topological polar surface area (TPSA) is 26.0 Å². The van der Waals surface area contributed by atoms with Crippen molar-refractivity contribution in [3.05, 3.63) is 69.5 Å². The number of hydrogen-bond acceptors (Lipinski definition) is 1. The van der Waals surface area contributed by atoms with Gasteiger partial charge in [0.25, 0.3) is 0 Å². The standard InChI is InChI=1S/C14H12Cl2FN/c1-14(18,10-4-2-3-5-13(10)17)11-8-9(15)6-7-12(11)16/h2-8H,18H2,1H3. The van der Waals surface area contributed by atoms with Gasteiger partial charge in [-0.1, -0.05) is 41.4 Å². The molecule has 1 unspecified atom stereocenters. The number of hydrogen-bond donors (Lipinski definition) is 1. The summed E-state index contributed by atoms with van der Waals surface area (Å²) in [6, 6.07) is 11.4. The summed E-state index contributed by atoms with van der Waals surface area (Å²) in [6.07, 6.45) is 0. The van der Waals surface area contributed by atoms with Gasteiger partial charge in [-0.25, -0.2) is 4.39 Å². The molecule has 1 atom stereocenters. The normalized spacial score (nSPS) is 14.3. The molecule has 2 aromatic carbocycles. The van der Waals surface area contributed by atoms with E-state index in [9.17, 15) is 4.39 Å². The third kappa shape index (κ3) is 2.37. The Bertz CT molecular complexity index is 582. The Kier molecular flexibility index (Phi) is 3.62. The SMILES string of the molecule is CC(N)(c1ccccc1F)c1cc(Cl)ccc1Cl. The molecule has 0 saturated carbocycles. The van der Waals surface area contributed by atoms with E-state index in [0.29, 0.717) is 21.2 Å². The average molecular weight is 284 g/mol. The highest BCUT2D eigenvalue weighted by Gasteiger charge is 2.29. The minimum absolute atomic E-state index is 0.362. The van der Waals surface area contributed by atoms with E-state index in [0.717, 1.165) is 0 Å². The number of rotatable bonds is 2. The van der Waals surface area contributed by atoms with Crippen LogP contribution in [0.1, 0.15) is 18.1 Å². The fraction of sp³-hybridized carbons (Fsp3) is 0.143. The number of benzene rings is 2. The largest absolute Gasteiger partial charge is 0.318 e. The van der Waals surface area contributed by atoms with Gasteiger partial charge in [-0.2, -0.15) is 0 Å². The van der Waals surface area contributed by atoms with Gasteiger partial charge in [0.2, 0.25) is 0 Å². The first kappa shape index (κ1) is 13.3. The van der Waals surface area contributed by atoms with Crippen LogP contribution in [0.2, 0.25) is 10.0 Å². The van der Waals surface area contributed by atoms with Crippen LogP contribution in [0, 0.1) is 5.82 Å². The number of halogens is 3. The van der Waals surface area contributed by atoms with E-state index in [1.807, 2.05) is 0 Å². The van der Waals surface area contributed by atoms with Gasteiger partial charge in [-0.05, 0) is 36.8 Å². The molecule has 2 aromatic rings. The summed E-state index contributed by atoms with van der Waals surface area (Å²) in [6.45, 7) is 1.71. The molecule has 0 heterocycles. The molecule has 0 fully saturated rings. The molecule has 0 aliphatic rings. The van der Waals surface area contributed by atoms with Crippen molar-refractivity contribution in [2.45, 2.75) is 12.5 Å². The van der Waals surface area contributed by atoms with E-state index < -0.39 is 5.54 Å². The first-order valence-corrected chi connectivity index (χ1v) is 6.18. The molecular weight excluding hydrogens is 272 g/mol. The first-order chi connectivity index (χ1) is 8.43. The summed E-state index contributed by atoms with van der Waals surface area (Å²) in [5.41, 5.74) is 6.19. The van der Waals surface area contributed by atoms with Crippen LogP contribution in [-0.4, -0.2) is 0 Å². The first-order valence-electron chi connectivity index (χ1n) is 5.42. The molecule has 1 nitrogen and oxygen atoms in total. The zero-order valence-electron chi connectivity index (χ0n) is 9.75. The van der Waals surface area contributed by atoms with Crippen molar-refractivity contribution < 1.29 is 4.39 Å². The van der Waals surface area contributed by atoms with Gasteiger partial charge >= 0.3 is 0 Å². The molecule has 2 N–H and O–H groups in total. The van der Waals surface area contributed by atoms with Gasteiger partial charge in [0.05, 0.1) is 5.54 Å². The van der Waals surface area contributed by atoms with Gasteiger partial charge in [0.1, 0.15) is 5.82 Å². The summed E-state index contributed by atoms with van der Waals surface area (Å²) >= 11 is 12.1. The fourth-order valence-corrected chi connectivity index (χ4v) is 2.41. The zero-order valence-corrected chi connectivity index (χ0v) is 11.3. The maximum atomic E-state index is 13.8. The van der Waals surface area contributed by atoms with Gasteiger partial charge < -0.3 is 5.73 Å². The Morgan fingerprint density at radius 3 is 2.39 bits per heavy atom. The Morgan fingerprint density at radius 1 is 1.06 bits per heavy atom. The minimum Gasteiger partial charge on any atom is -0.318 e. The molecule has 0 saturated heterocycles. The van der Waals surface area contributed by atoms with Gasteiger partial charge in [0, 0.05) is 15.6 Å². The second-order valence-corrected chi connectivity index (χ2v) is 5.15. The van der Waals surface area contributed by atoms with Crippen LogP contribution in [0.15, 0.2) is 42.5 Å². The zero-order chi connectivity index (χ0) is 13.3. The highest BCUT2D eigenvalue weighted by atomic mass is 35.5. The van der Waals surface area contributed by atoms with Crippen molar-refractivity contribution in [2.75, 3.05) is 0 Å². The second-order valence-electron chi connectivity index (χ2n) is 4.31. The molecule has 0 spiro atoms. The third-order valence-electron chi connectivity index (χ3n) is 2.92. The lowest BCUT2D eigenvalue weighted by Gasteiger charge is -2.27. The van der Waals surface area contributed by atoms with Crippen LogP contribution in [0.4, 0.5) is 4.39 Å². The molecule has 4 heteroatoms. The van der Waals surface area contributed by atoms with Crippen molar-refractivity contribution in [3.63, 3.8) is 0 Å². The smallest absolute Gasteiger partial charge is 0.128 e. The van der Waals surface area contributed by atoms with Crippen LogP contribution in [0.5, 0.6) is 0 Å². The maximum Gasteiger partial charge on any atom is 0.128 e. The van der Waals surface area contributed by atoms with Crippen LogP contribution in [0.3, 0.4) is 0 Å². The summed E-state index contributed by atoms with van der Waals surface area (Å²) in [5, 5.41) is 0.982.